The van der Waals surface area contributed by atoms with Gasteiger partial charge in [0.1, 0.15) is 0 Å². The van der Waals surface area contributed by atoms with E-state index in [1.807, 2.05) is 30.3 Å². The average Bonchev–Trinajstić information content (AvgIpc) is 2.89. The smallest absolute Gasteiger partial charge is 0.322 e. The Balaban J connectivity index is 0.000001000. The largest absolute Gasteiger partial charge is 0.335 e. The zero-order valence-electron chi connectivity index (χ0n) is 10.9. The molecule has 1 aliphatic rings. The summed E-state index contributed by atoms with van der Waals surface area (Å²) in [6, 6.07) is 10.8. The number of aromatic nitrogens is 2. The number of anilines is 1. The fraction of sp³-hybridized carbons (Fsp3) is 0.385. The van der Waals surface area contributed by atoms with Crippen LogP contribution in [0.3, 0.4) is 0 Å². The van der Waals surface area contributed by atoms with Crippen molar-refractivity contribution in [2.45, 2.75) is 18.9 Å². The van der Waals surface area contributed by atoms with Crippen LogP contribution >= 0.6 is 24.8 Å². The lowest BCUT2D eigenvalue weighted by atomic mass is 10.1. The highest BCUT2D eigenvalue weighted by Gasteiger charge is 2.16. The second kappa shape index (κ2) is 8.09. The summed E-state index contributed by atoms with van der Waals surface area (Å²) >= 11 is 0. The van der Waals surface area contributed by atoms with Gasteiger partial charge in [0.15, 0.2) is 0 Å². The molecule has 110 valence electrons. The van der Waals surface area contributed by atoms with Crippen LogP contribution in [0.4, 0.5) is 6.01 Å². The topological polar surface area (TPSA) is 63.0 Å². The van der Waals surface area contributed by atoms with Gasteiger partial charge in [-0.1, -0.05) is 35.5 Å². The summed E-state index contributed by atoms with van der Waals surface area (Å²) in [6.45, 7) is 2.08. The van der Waals surface area contributed by atoms with Gasteiger partial charge in [-0.15, -0.1) is 24.8 Å². The summed E-state index contributed by atoms with van der Waals surface area (Å²) in [6.07, 6.45) is 2.17. The average molecular weight is 317 g/mol. The van der Waals surface area contributed by atoms with Crippen molar-refractivity contribution in [2.24, 2.45) is 0 Å². The molecule has 0 spiro atoms. The maximum Gasteiger partial charge on any atom is 0.322 e. The second-order valence-corrected chi connectivity index (χ2v) is 4.46. The molecule has 0 amide bonds. The van der Waals surface area contributed by atoms with Crippen molar-refractivity contribution in [3.05, 3.63) is 30.3 Å². The summed E-state index contributed by atoms with van der Waals surface area (Å²) in [7, 11) is 0. The number of halogens is 2. The molecule has 7 heteroatoms. The first-order valence-corrected chi connectivity index (χ1v) is 6.28. The first-order valence-electron chi connectivity index (χ1n) is 6.28. The van der Waals surface area contributed by atoms with Crippen LogP contribution in [-0.4, -0.2) is 29.3 Å². The molecule has 1 saturated heterocycles. The predicted molar refractivity (Wildman–Crippen MR) is 83.7 cm³/mol. The van der Waals surface area contributed by atoms with Gasteiger partial charge in [0.25, 0.3) is 0 Å². The number of nitrogens with zero attached hydrogens (tertiary/aromatic N) is 2. The SMILES string of the molecule is Cl.Cl.c1ccc(-c2noc(NC3CCNCC3)n2)cc1. The minimum atomic E-state index is 0. The molecule has 0 radical (unpaired) electrons. The van der Waals surface area contributed by atoms with Crippen molar-refractivity contribution in [3.63, 3.8) is 0 Å². The Morgan fingerprint density at radius 2 is 1.80 bits per heavy atom. The summed E-state index contributed by atoms with van der Waals surface area (Å²) in [5.41, 5.74) is 0.972. The van der Waals surface area contributed by atoms with E-state index in [1.54, 1.807) is 0 Å². The highest BCUT2D eigenvalue weighted by Crippen LogP contribution is 2.18. The summed E-state index contributed by atoms with van der Waals surface area (Å²) < 4.78 is 5.23. The molecule has 0 atom stereocenters. The van der Waals surface area contributed by atoms with Crippen molar-refractivity contribution in [1.29, 1.82) is 0 Å². The number of nitrogens with one attached hydrogen (secondary N) is 2. The highest BCUT2D eigenvalue weighted by atomic mass is 35.5. The van der Waals surface area contributed by atoms with Gasteiger partial charge >= 0.3 is 6.01 Å². The van der Waals surface area contributed by atoms with Gasteiger partial charge in [-0.05, 0) is 25.9 Å². The highest BCUT2D eigenvalue weighted by molar-refractivity contribution is 5.85. The molecule has 2 aromatic rings. The molecule has 2 N–H and O–H groups in total. The molecular formula is C13H18Cl2N4O. The third kappa shape index (κ3) is 4.10. The Morgan fingerprint density at radius 1 is 1.10 bits per heavy atom. The van der Waals surface area contributed by atoms with Crippen molar-refractivity contribution >= 4 is 30.8 Å². The number of rotatable bonds is 3. The lowest BCUT2D eigenvalue weighted by Gasteiger charge is -2.22. The van der Waals surface area contributed by atoms with Crippen molar-refractivity contribution in [2.75, 3.05) is 18.4 Å². The van der Waals surface area contributed by atoms with E-state index < -0.39 is 0 Å². The van der Waals surface area contributed by atoms with Crippen molar-refractivity contribution in [1.82, 2.24) is 15.5 Å². The molecule has 1 aliphatic heterocycles. The number of benzene rings is 1. The zero-order valence-corrected chi connectivity index (χ0v) is 12.5. The standard InChI is InChI=1S/C13H16N4O.2ClH/c1-2-4-10(5-3-1)12-16-13(18-17-12)15-11-6-8-14-9-7-11;;/h1-5,11,14H,6-9H2,(H,15,16,17);2*1H. The minimum absolute atomic E-state index is 0. The van der Waals surface area contributed by atoms with Crippen LogP contribution in [0.5, 0.6) is 0 Å². The third-order valence-electron chi connectivity index (χ3n) is 3.12. The fourth-order valence-corrected chi connectivity index (χ4v) is 2.13. The van der Waals surface area contributed by atoms with E-state index >= 15 is 0 Å². The quantitative estimate of drug-likeness (QED) is 0.911. The van der Waals surface area contributed by atoms with Crippen LogP contribution in [-0.2, 0) is 0 Å². The Kier molecular flexibility index (Phi) is 6.78. The maximum absolute atomic E-state index is 5.23. The van der Waals surface area contributed by atoms with E-state index in [0.717, 1.165) is 31.5 Å². The van der Waals surface area contributed by atoms with Crippen LogP contribution in [0.15, 0.2) is 34.9 Å². The van der Waals surface area contributed by atoms with Gasteiger partial charge in [0.2, 0.25) is 5.82 Å². The van der Waals surface area contributed by atoms with Gasteiger partial charge in [0, 0.05) is 11.6 Å². The Labute approximate surface area is 130 Å². The number of hydrogen-bond donors (Lipinski definition) is 2. The van der Waals surface area contributed by atoms with Crippen LogP contribution < -0.4 is 10.6 Å². The summed E-state index contributed by atoms with van der Waals surface area (Å²) in [4.78, 5) is 4.37. The molecule has 3 rings (SSSR count). The molecule has 0 bridgehead atoms. The zero-order chi connectivity index (χ0) is 12.2. The lowest BCUT2D eigenvalue weighted by Crippen LogP contribution is -2.35. The number of piperidine rings is 1. The molecule has 1 aromatic carbocycles. The van der Waals surface area contributed by atoms with E-state index in [2.05, 4.69) is 20.8 Å². The second-order valence-electron chi connectivity index (χ2n) is 4.46. The molecule has 0 aliphatic carbocycles. The first-order chi connectivity index (χ1) is 8.92. The van der Waals surface area contributed by atoms with Crippen molar-refractivity contribution < 1.29 is 4.52 Å². The third-order valence-corrected chi connectivity index (χ3v) is 3.12. The van der Waals surface area contributed by atoms with Crippen LogP contribution in [0.25, 0.3) is 11.4 Å². The summed E-state index contributed by atoms with van der Waals surface area (Å²) in [5.74, 6) is 0.632. The monoisotopic (exact) mass is 316 g/mol. The normalized spacial score (nSPS) is 15.0. The van der Waals surface area contributed by atoms with Crippen LogP contribution in [0.1, 0.15) is 12.8 Å². The van der Waals surface area contributed by atoms with Crippen LogP contribution in [0, 0.1) is 0 Å². The van der Waals surface area contributed by atoms with Gasteiger partial charge in [-0.3, -0.25) is 0 Å². The molecule has 2 heterocycles. The summed E-state index contributed by atoms with van der Waals surface area (Å²) in [5, 5.41) is 10.6. The van der Waals surface area contributed by atoms with E-state index in [1.165, 1.54) is 0 Å². The van der Waals surface area contributed by atoms with Gasteiger partial charge < -0.3 is 15.2 Å². The molecule has 0 saturated carbocycles. The molecule has 1 fully saturated rings. The molecular weight excluding hydrogens is 299 g/mol. The maximum atomic E-state index is 5.23. The number of hydrogen-bond acceptors (Lipinski definition) is 5. The fourth-order valence-electron chi connectivity index (χ4n) is 2.13. The van der Waals surface area contributed by atoms with E-state index in [0.29, 0.717) is 17.9 Å². The first kappa shape index (κ1) is 16.8. The molecule has 5 nitrogen and oxygen atoms in total. The van der Waals surface area contributed by atoms with E-state index in [-0.39, 0.29) is 24.8 Å². The van der Waals surface area contributed by atoms with Gasteiger partial charge in [-0.2, -0.15) is 4.98 Å². The van der Waals surface area contributed by atoms with E-state index in [4.69, 9.17) is 4.52 Å². The van der Waals surface area contributed by atoms with Crippen molar-refractivity contribution in [3.8, 4) is 11.4 Å². The lowest BCUT2D eigenvalue weighted by molar-refractivity contribution is 0.412. The Bertz CT molecular complexity index is 500. The molecule has 0 unspecified atom stereocenters. The van der Waals surface area contributed by atoms with Crippen LogP contribution in [0.2, 0.25) is 0 Å². The van der Waals surface area contributed by atoms with E-state index in [9.17, 15) is 0 Å². The Morgan fingerprint density at radius 3 is 2.50 bits per heavy atom. The predicted octanol–water partition coefficient (Wildman–Crippen LogP) is 2.74. The van der Waals surface area contributed by atoms with Gasteiger partial charge in [0.05, 0.1) is 0 Å². The Hall–Kier alpha value is -1.30. The van der Waals surface area contributed by atoms with Gasteiger partial charge in [-0.25, -0.2) is 0 Å². The molecule has 20 heavy (non-hydrogen) atoms. The molecule has 1 aromatic heterocycles. The minimum Gasteiger partial charge on any atom is -0.335 e.